The van der Waals surface area contributed by atoms with Crippen LogP contribution in [-0.2, 0) is 16.1 Å². The Labute approximate surface area is 272 Å². The maximum absolute atomic E-state index is 12.5. The molecule has 0 aromatic heterocycles. The van der Waals surface area contributed by atoms with Crippen molar-refractivity contribution in [2.45, 2.75) is 39.6 Å². The number of carbonyl (C=O) groups excluding carboxylic acids is 2. The van der Waals surface area contributed by atoms with E-state index < -0.39 is 24.3 Å². The topological polar surface area (TPSA) is 149 Å². The lowest BCUT2D eigenvalue weighted by atomic mass is 9.95. The molecule has 46 heavy (non-hydrogen) atoms. The second kappa shape index (κ2) is 15.9. The highest BCUT2D eigenvalue weighted by Gasteiger charge is 2.32. The summed E-state index contributed by atoms with van der Waals surface area (Å²) in [6.45, 7) is 5.92. The van der Waals surface area contributed by atoms with Gasteiger partial charge in [0.05, 0.1) is 43.7 Å². The van der Waals surface area contributed by atoms with E-state index in [1.165, 1.54) is 20.4 Å². The second-order valence-corrected chi connectivity index (χ2v) is 10.6. The van der Waals surface area contributed by atoms with Crippen LogP contribution in [0.4, 0.5) is 4.79 Å². The highest BCUT2D eigenvalue weighted by atomic mass is 35.5. The van der Waals surface area contributed by atoms with Gasteiger partial charge in [0.25, 0.3) is 0 Å². The average molecular weight is 653 g/mol. The monoisotopic (exact) mass is 652 g/mol. The van der Waals surface area contributed by atoms with Crippen molar-refractivity contribution in [3.05, 3.63) is 93.1 Å². The number of amides is 2. The van der Waals surface area contributed by atoms with E-state index in [-0.39, 0.29) is 12.2 Å². The fourth-order valence-corrected chi connectivity index (χ4v) is 5.01. The fraction of sp³-hybridized carbons (Fsp3) is 0.303. The number of methoxy groups -OCH3 is 2. The van der Waals surface area contributed by atoms with Crippen LogP contribution in [0.1, 0.15) is 42.1 Å². The minimum atomic E-state index is -1.18. The number of hydrazone groups is 1. The first-order valence-corrected chi connectivity index (χ1v) is 14.8. The molecular formula is C33H37ClN4O8. The number of allylic oxidation sites excluding steroid dienone is 1. The Morgan fingerprint density at radius 1 is 1.07 bits per heavy atom. The van der Waals surface area contributed by atoms with Crippen molar-refractivity contribution in [3.63, 3.8) is 0 Å². The molecule has 0 spiro atoms. The van der Waals surface area contributed by atoms with E-state index in [0.717, 1.165) is 11.1 Å². The number of aliphatic hydroxyl groups excluding tert-OH is 1. The number of hydrogen-bond acceptors (Lipinski definition) is 10. The molecule has 0 unspecified atom stereocenters. The molecular weight excluding hydrogens is 616 g/mol. The van der Waals surface area contributed by atoms with Gasteiger partial charge >= 0.3 is 12.0 Å². The van der Waals surface area contributed by atoms with Crippen molar-refractivity contribution >= 4 is 29.8 Å². The smallest absolute Gasteiger partial charge is 0.337 e. The molecule has 3 aromatic carbocycles. The molecule has 1 heterocycles. The molecule has 2 atom stereocenters. The predicted molar refractivity (Wildman–Crippen MR) is 172 cm³/mol. The Kier molecular flexibility index (Phi) is 11.7. The molecule has 13 heteroatoms. The molecule has 0 fully saturated rings. The van der Waals surface area contributed by atoms with Crippen LogP contribution < -0.4 is 35.0 Å². The number of halogens is 1. The summed E-state index contributed by atoms with van der Waals surface area (Å²) >= 11 is 6.50. The lowest BCUT2D eigenvalue weighted by Gasteiger charge is -2.28. The predicted octanol–water partition coefficient (Wildman–Crippen LogP) is 4.76. The second-order valence-electron chi connectivity index (χ2n) is 10.2. The van der Waals surface area contributed by atoms with Crippen LogP contribution in [0.2, 0.25) is 5.02 Å². The number of aliphatic hydroxyl groups is 1. The van der Waals surface area contributed by atoms with Crippen LogP contribution in [0.25, 0.3) is 0 Å². The van der Waals surface area contributed by atoms with Crippen molar-refractivity contribution in [1.29, 1.82) is 0 Å². The van der Waals surface area contributed by atoms with Gasteiger partial charge in [0.2, 0.25) is 0 Å². The summed E-state index contributed by atoms with van der Waals surface area (Å²) in [6.07, 6.45) is 0.296. The van der Waals surface area contributed by atoms with E-state index >= 15 is 0 Å². The van der Waals surface area contributed by atoms with Gasteiger partial charge in [0.1, 0.15) is 13.2 Å². The molecule has 0 saturated heterocycles. The van der Waals surface area contributed by atoms with Crippen LogP contribution in [-0.4, -0.2) is 57.0 Å². The van der Waals surface area contributed by atoms with E-state index in [4.69, 9.17) is 35.3 Å². The summed E-state index contributed by atoms with van der Waals surface area (Å²) in [5.74, 6) is 0.970. The number of esters is 1. The fourth-order valence-electron chi connectivity index (χ4n) is 4.73. The first-order chi connectivity index (χ1) is 22.1. The standard InChI is InChI=1S/C33H37ClN4O8/c1-6-44-26-15-23(30-29(32(40)43-5)20(3)36-33(41)37-30)10-11-25(26)45-18-28(39)38-35-16-22-13-24(34)31(27(14-22)42-4)46-17-21-9-7-8-19(2)12-21/h7-16,28,30,38-39H,6,17-18H2,1-5H3,(H2,36,37,41)/b35-16-/t28-,30-/m0/s1. The maximum atomic E-state index is 12.5. The van der Waals surface area contributed by atoms with Gasteiger partial charge in [-0.25, -0.2) is 9.59 Å². The number of nitrogens with one attached hydrogen (secondary N) is 3. The summed E-state index contributed by atoms with van der Waals surface area (Å²) in [4.78, 5) is 24.6. The van der Waals surface area contributed by atoms with E-state index in [1.54, 1.807) is 37.3 Å². The highest BCUT2D eigenvalue weighted by Crippen LogP contribution is 2.37. The number of hydrogen-bond donors (Lipinski definition) is 4. The molecule has 0 radical (unpaired) electrons. The first kappa shape index (κ1) is 33.9. The molecule has 4 N–H and O–H groups in total. The third kappa shape index (κ3) is 8.61. The Morgan fingerprint density at radius 2 is 1.87 bits per heavy atom. The minimum Gasteiger partial charge on any atom is -0.493 e. The van der Waals surface area contributed by atoms with Gasteiger partial charge in [-0.3, -0.25) is 5.43 Å². The van der Waals surface area contributed by atoms with E-state index in [2.05, 4.69) is 21.2 Å². The first-order valence-electron chi connectivity index (χ1n) is 14.4. The van der Waals surface area contributed by atoms with Crippen LogP contribution >= 0.6 is 11.6 Å². The molecule has 3 aromatic rings. The van der Waals surface area contributed by atoms with E-state index in [9.17, 15) is 14.7 Å². The van der Waals surface area contributed by atoms with Crippen molar-refractivity contribution in [3.8, 4) is 23.0 Å². The summed E-state index contributed by atoms with van der Waals surface area (Å²) in [6, 6.07) is 15.1. The molecule has 244 valence electrons. The van der Waals surface area contributed by atoms with Crippen molar-refractivity contribution in [2.24, 2.45) is 5.10 Å². The van der Waals surface area contributed by atoms with Crippen LogP contribution in [0, 0.1) is 6.92 Å². The summed E-state index contributed by atoms with van der Waals surface area (Å²) in [7, 11) is 2.79. The molecule has 12 nitrogen and oxygen atoms in total. The molecule has 0 aliphatic carbocycles. The highest BCUT2D eigenvalue weighted by molar-refractivity contribution is 6.32. The number of ether oxygens (including phenoxy) is 5. The van der Waals surface area contributed by atoms with Gasteiger partial charge in [-0.1, -0.05) is 47.5 Å². The molecule has 0 bridgehead atoms. The number of carbonyl (C=O) groups is 2. The lowest BCUT2D eigenvalue weighted by molar-refractivity contribution is -0.136. The normalized spacial score (nSPS) is 15.1. The summed E-state index contributed by atoms with van der Waals surface area (Å²) < 4.78 is 27.9. The van der Waals surface area contributed by atoms with Crippen LogP contribution in [0.3, 0.4) is 0 Å². The van der Waals surface area contributed by atoms with Gasteiger partial charge in [0.15, 0.2) is 29.2 Å². The Bertz CT molecular complexity index is 1630. The number of nitrogens with zero attached hydrogens (tertiary/aromatic N) is 1. The number of aryl methyl sites for hydroxylation is 1. The van der Waals surface area contributed by atoms with Gasteiger partial charge in [-0.15, -0.1) is 0 Å². The molecule has 0 saturated carbocycles. The number of benzene rings is 3. The zero-order valence-corrected chi connectivity index (χ0v) is 26.9. The largest absolute Gasteiger partial charge is 0.493 e. The zero-order valence-electron chi connectivity index (χ0n) is 26.2. The van der Waals surface area contributed by atoms with Crippen molar-refractivity contribution < 1.29 is 38.4 Å². The number of urea groups is 1. The van der Waals surface area contributed by atoms with Crippen LogP contribution in [0.15, 0.2) is 71.0 Å². The Hall–Kier alpha value is -4.94. The van der Waals surface area contributed by atoms with Gasteiger partial charge in [0, 0.05) is 5.70 Å². The molecule has 4 rings (SSSR count). The average Bonchev–Trinajstić information content (AvgIpc) is 3.03. The van der Waals surface area contributed by atoms with Gasteiger partial charge < -0.3 is 39.4 Å². The molecule has 2 amide bonds. The molecule has 1 aliphatic heterocycles. The molecule has 1 aliphatic rings. The zero-order chi connectivity index (χ0) is 33.2. The maximum Gasteiger partial charge on any atom is 0.337 e. The quantitative estimate of drug-likeness (QED) is 0.0837. The SMILES string of the molecule is CCOc1cc([C@@H]2NC(=O)NC(C)=C2C(=O)OC)ccc1OC[C@H](O)N/N=C\c1cc(Cl)c(OCc2cccc(C)c2)c(OC)c1. The Balaban J connectivity index is 1.39. The third-order valence-electron chi connectivity index (χ3n) is 6.83. The lowest BCUT2D eigenvalue weighted by Crippen LogP contribution is -2.45. The summed E-state index contributed by atoms with van der Waals surface area (Å²) in [5, 5.41) is 20.2. The Morgan fingerprint density at radius 3 is 2.59 bits per heavy atom. The van der Waals surface area contributed by atoms with E-state index in [1.807, 2.05) is 38.1 Å². The van der Waals surface area contributed by atoms with Gasteiger partial charge in [-0.05, 0) is 61.7 Å². The van der Waals surface area contributed by atoms with E-state index in [0.29, 0.717) is 58.1 Å². The van der Waals surface area contributed by atoms with Crippen LogP contribution in [0.5, 0.6) is 23.0 Å². The van der Waals surface area contributed by atoms with Crippen molar-refractivity contribution in [2.75, 3.05) is 27.4 Å². The minimum absolute atomic E-state index is 0.177. The van der Waals surface area contributed by atoms with Gasteiger partial charge in [-0.2, -0.15) is 5.10 Å². The number of rotatable bonds is 14. The van der Waals surface area contributed by atoms with Crippen molar-refractivity contribution in [1.82, 2.24) is 16.1 Å². The summed E-state index contributed by atoms with van der Waals surface area (Å²) in [5.41, 5.74) is 6.58. The third-order valence-corrected chi connectivity index (χ3v) is 7.11.